The van der Waals surface area contributed by atoms with Crippen LogP contribution in [0.4, 0.5) is 11.5 Å². The van der Waals surface area contributed by atoms with Crippen molar-refractivity contribution < 1.29 is 4.79 Å². The molecule has 0 aliphatic heterocycles. The van der Waals surface area contributed by atoms with Crippen LogP contribution in [-0.4, -0.2) is 33.9 Å². The van der Waals surface area contributed by atoms with Gasteiger partial charge in [0.15, 0.2) is 5.82 Å². The molecule has 0 unspecified atom stereocenters. The highest BCUT2D eigenvalue weighted by atomic mass is 16.2. The fraction of sp³-hybridized carbons (Fsp3) is 0.190. The number of para-hydroxylation sites is 1. The Morgan fingerprint density at radius 2 is 1.54 bits per heavy atom. The summed E-state index contributed by atoms with van der Waals surface area (Å²) in [6, 6.07) is 21.2. The van der Waals surface area contributed by atoms with Crippen molar-refractivity contribution in [2.24, 2.45) is 0 Å². The van der Waals surface area contributed by atoms with Gasteiger partial charge in [0.25, 0.3) is 5.91 Å². The number of amides is 1. The molecule has 26 heavy (non-hydrogen) atoms. The Labute approximate surface area is 153 Å². The van der Waals surface area contributed by atoms with Gasteiger partial charge in [-0.25, -0.2) is 9.97 Å². The van der Waals surface area contributed by atoms with Crippen LogP contribution in [0.2, 0.25) is 0 Å². The van der Waals surface area contributed by atoms with Crippen LogP contribution in [0.3, 0.4) is 0 Å². The number of rotatable bonds is 6. The third-order valence-electron chi connectivity index (χ3n) is 4.07. The number of carbonyl (C=O) groups excluding carboxylic acids is 1. The molecule has 0 bridgehead atoms. The standard InChI is InChI=1S/C21H22N4O/c1-3-25(4-2)21(26)18-15-19(22-17-13-9-6-10-14-17)24-20(23-18)16-11-7-5-8-12-16/h5-15H,3-4H2,1-2H3,(H,22,23,24). The fourth-order valence-electron chi connectivity index (χ4n) is 2.68. The van der Waals surface area contributed by atoms with Crippen molar-refractivity contribution in [3.8, 4) is 11.4 Å². The van der Waals surface area contributed by atoms with Crippen LogP contribution in [0.15, 0.2) is 66.7 Å². The van der Waals surface area contributed by atoms with E-state index in [0.717, 1.165) is 11.3 Å². The van der Waals surface area contributed by atoms with Crippen molar-refractivity contribution in [1.29, 1.82) is 0 Å². The molecule has 3 aromatic rings. The molecule has 5 heteroatoms. The highest BCUT2D eigenvalue weighted by molar-refractivity contribution is 5.93. The summed E-state index contributed by atoms with van der Waals surface area (Å²) < 4.78 is 0. The van der Waals surface area contributed by atoms with E-state index in [-0.39, 0.29) is 5.91 Å². The molecular weight excluding hydrogens is 324 g/mol. The second-order valence-electron chi connectivity index (χ2n) is 5.80. The van der Waals surface area contributed by atoms with Gasteiger partial charge in [-0.15, -0.1) is 0 Å². The molecule has 132 valence electrons. The van der Waals surface area contributed by atoms with E-state index in [1.54, 1.807) is 11.0 Å². The molecule has 0 saturated heterocycles. The second-order valence-corrected chi connectivity index (χ2v) is 5.80. The van der Waals surface area contributed by atoms with Gasteiger partial charge in [-0.05, 0) is 26.0 Å². The molecule has 5 nitrogen and oxygen atoms in total. The van der Waals surface area contributed by atoms with Crippen LogP contribution in [-0.2, 0) is 0 Å². The molecule has 3 rings (SSSR count). The third-order valence-corrected chi connectivity index (χ3v) is 4.07. The molecule has 0 aliphatic carbocycles. The van der Waals surface area contributed by atoms with Gasteiger partial charge in [0.2, 0.25) is 0 Å². The number of hydrogen-bond acceptors (Lipinski definition) is 4. The van der Waals surface area contributed by atoms with E-state index in [1.165, 1.54) is 0 Å². The maximum absolute atomic E-state index is 12.8. The maximum atomic E-state index is 12.8. The van der Waals surface area contributed by atoms with Crippen LogP contribution < -0.4 is 5.32 Å². The summed E-state index contributed by atoms with van der Waals surface area (Å²) in [5.41, 5.74) is 2.17. The van der Waals surface area contributed by atoms with E-state index in [2.05, 4.69) is 15.3 Å². The SMILES string of the molecule is CCN(CC)C(=O)c1cc(Nc2ccccc2)nc(-c2ccccc2)n1. The number of nitrogens with zero attached hydrogens (tertiary/aromatic N) is 3. The molecule has 1 aromatic heterocycles. The van der Waals surface area contributed by atoms with E-state index in [1.807, 2.05) is 74.5 Å². The lowest BCUT2D eigenvalue weighted by atomic mass is 10.2. The van der Waals surface area contributed by atoms with Gasteiger partial charge in [0.05, 0.1) is 0 Å². The van der Waals surface area contributed by atoms with Crippen LogP contribution in [0.5, 0.6) is 0 Å². The molecule has 1 heterocycles. The normalized spacial score (nSPS) is 10.4. The van der Waals surface area contributed by atoms with Crippen molar-refractivity contribution in [3.63, 3.8) is 0 Å². The van der Waals surface area contributed by atoms with Crippen molar-refractivity contribution in [2.45, 2.75) is 13.8 Å². The number of anilines is 2. The predicted octanol–water partition coefficient (Wildman–Crippen LogP) is 4.37. The highest BCUT2D eigenvalue weighted by Gasteiger charge is 2.17. The van der Waals surface area contributed by atoms with Crippen LogP contribution in [0.1, 0.15) is 24.3 Å². The van der Waals surface area contributed by atoms with Crippen LogP contribution in [0.25, 0.3) is 11.4 Å². The highest BCUT2D eigenvalue weighted by Crippen LogP contribution is 2.21. The van der Waals surface area contributed by atoms with Gasteiger partial charge >= 0.3 is 0 Å². The maximum Gasteiger partial charge on any atom is 0.272 e. The molecule has 0 saturated carbocycles. The Balaban J connectivity index is 2.03. The summed E-state index contributed by atoms with van der Waals surface area (Å²) in [5, 5.41) is 3.26. The zero-order chi connectivity index (χ0) is 18.4. The number of nitrogens with one attached hydrogen (secondary N) is 1. The molecule has 0 spiro atoms. The molecule has 1 amide bonds. The van der Waals surface area contributed by atoms with Gasteiger partial charge in [-0.1, -0.05) is 48.5 Å². The van der Waals surface area contributed by atoms with E-state index in [4.69, 9.17) is 0 Å². The van der Waals surface area contributed by atoms with E-state index in [0.29, 0.717) is 30.4 Å². The Bertz CT molecular complexity index is 862. The molecular formula is C21H22N4O. The zero-order valence-electron chi connectivity index (χ0n) is 15.0. The van der Waals surface area contributed by atoms with Crippen LogP contribution >= 0.6 is 0 Å². The van der Waals surface area contributed by atoms with Gasteiger partial charge in [-0.2, -0.15) is 0 Å². The average molecular weight is 346 g/mol. The number of hydrogen-bond donors (Lipinski definition) is 1. The third kappa shape index (κ3) is 4.06. The van der Waals surface area contributed by atoms with Crippen molar-refractivity contribution in [3.05, 3.63) is 72.4 Å². The van der Waals surface area contributed by atoms with Crippen LogP contribution in [0, 0.1) is 0 Å². The van der Waals surface area contributed by atoms with E-state index in [9.17, 15) is 4.79 Å². The van der Waals surface area contributed by atoms with Crippen molar-refractivity contribution >= 4 is 17.4 Å². The van der Waals surface area contributed by atoms with Crippen molar-refractivity contribution in [2.75, 3.05) is 18.4 Å². The zero-order valence-corrected chi connectivity index (χ0v) is 15.0. The van der Waals surface area contributed by atoms with Crippen molar-refractivity contribution in [1.82, 2.24) is 14.9 Å². The predicted molar refractivity (Wildman–Crippen MR) is 104 cm³/mol. The summed E-state index contributed by atoms with van der Waals surface area (Å²) in [6.07, 6.45) is 0. The quantitative estimate of drug-likeness (QED) is 0.720. The summed E-state index contributed by atoms with van der Waals surface area (Å²) >= 11 is 0. The Hall–Kier alpha value is -3.21. The lowest BCUT2D eigenvalue weighted by Gasteiger charge is -2.19. The summed E-state index contributed by atoms with van der Waals surface area (Å²) in [6.45, 7) is 5.20. The number of aromatic nitrogens is 2. The average Bonchev–Trinajstić information content (AvgIpc) is 2.70. The number of carbonyl (C=O) groups is 1. The largest absolute Gasteiger partial charge is 0.340 e. The fourth-order valence-corrected chi connectivity index (χ4v) is 2.68. The van der Waals surface area contributed by atoms with Gasteiger partial charge in [-0.3, -0.25) is 4.79 Å². The molecule has 0 radical (unpaired) electrons. The van der Waals surface area contributed by atoms with Gasteiger partial charge in [0.1, 0.15) is 11.5 Å². The lowest BCUT2D eigenvalue weighted by Crippen LogP contribution is -2.31. The minimum atomic E-state index is -0.0920. The first-order valence-electron chi connectivity index (χ1n) is 8.77. The Kier molecular flexibility index (Phi) is 5.59. The molecule has 2 aromatic carbocycles. The minimum Gasteiger partial charge on any atom is -0.340 e. The summed E-state index contributed by atoms with van der Waals surface area (Å²) in [4.78, 5) is 23.7. The number of benzene rings is 2. The monoisotopic (exact) mass is 346 g/mol. The molecule has 0 fully saturated rings. The molecule has 1 N–H and O–H groups in total. The second kappa shape index (κ2) is 8.25. The van der Waals surface area contributed by atoms with E-state index >= 15 is 0 Å². The topological polar surface area (TPSA) is 58.1 Å². The van der Waals surface area contributed by atoms with E-state index < -0.39 is 0 Å². The van der Waals surface area contributed by atoms with Gasteiger partial charge < -0.3 is 10.2 Å². The minimum absolute atomic E-state index is 0.0920. The Morgan fingerprint density at radius 3 is 2.15 bits per heavy atom. The first-order chi connectivity index (χ1) is 12.7. The first kappa shape index (κ1) is 17.6. The molecule has 0 aliphatic rings. The summed E-state index contributed by atoms with van der Waals surface area (Å²) in [7, 11) is 0. The molecule has 0 atom stereocenters. The summed E-state index contributed by atoms with van der Waals surface area (Å²) in [5.74, 6) is 1.04. The first-order valence-corrected chi connectivity index (χ1v) is 8.77. The van der Waals surface area contributed by atoms with Gasteiger partial charge in [0, 0.05) is 30.4 Å². The Morgan fingerprint density at radius 1 is 0.923 bits per heavy atom. The lowest BCUT2D eigenvalue weighted by molar-refractivity contribution is 0.0767. The smallest absolute Gasteiger partial charge is 0.272 e.